The minimum atomic E-state index is -0.379. The van der Waals surface area contributed by atoms with Crippen molar-refractivity contribution in [3.05, 3.63) is 38.6 Å². The van der Waals surface area contributed by atoms with Crippen LogP contribution in [0.2, 0.25) is 5.15 Å². The lowest BCUT2D eigenvalue weighted by Gasteiger charge is -2.06. The number of allylic oxidation sites excluding steroid dienone is 1. The van der Waals surface area contributed by atoms with Gasteiger partial charge in [-0.25, -0.2) is 4.98 Å². The highest BCUT2D eigenvalue weighted by Crippen LogP contribution is 2.22. The van der Waals surface area contributed by atoms with E-state index in [1.165, 1.54) is 0 Å². The van der Waals surface area contributed by atoms with E-state index in [1.54, 1.807) is 13.0 Å². The minimum Gasteiger partial charge on any atom is -0.289 e. The van der Waals surface area contributed by atoms with Gasteiger partial charge in [-0.3, -0.25) is 4.79 Å². The number of hydrogen-bond acceptors (Lipinski definition) is 2. The third kappa shape index (κ3) is 3.36. The predicted molar refractivity (Wildman–Crippen MR) is 67.7 cm³/mol. The van der Waals surface area contributed by atoms with E-state index in [-0.39, 0.29) is 26.9 Å². The molecule has 0 aromatic carbocycles. The molecular formula is C10H7Cl4NO. The summed E-state index contributed by atoms with van der Waals surface area (Å²) in [6, 6.07) is 1.70. The molecule has 0 aliphatic carbocycles. The van der Waals surface area contributed by atoms with E-state index in [0.717, 1.165) is 6.08 Å². The maximum atomic E-state index is 11.7. The normalized spacial score (nSPS) is 10.1. The first kappa shape index (κ1) is 13.8. The zero-order chi connectivity index (χ0) is 12.3. The molecule has 0 bridgehead atoms. The Hall–Kier alpha value is -0.280. The van der Waals surface area contributed by atoms with Crippen molar-refractivity contribution >= 4 is 52.2 Å². The largest absolute Gasteiger partial charge is 0.289 e. The van der Waals surface area contributed by atoms with Crippen LogP contribution in [0.25, 0.3) is 0 Å². The second-order valence-corrected chi connectivity index (χ2v) is 4.66. The maximum absolute atomic E-state index is 11.7. The Morgan fingerprint density at radius 3 is 2.56 bits per heavy atom. The van der Waals surface area contributed by atoms with Gasteiger partial charge in [0.05, 0.1) is 17.1 Å². The molecule has 0 fully saturated rings. The van der Waals surface area contributed by atoms with E-state index in [1.807, 2.05) is 0 Å². The van der Waals surface area contributed by atoms with Crippen molar-refractivity contribution in [2.75, 3.05) is 0 Å². The fourth-order valence-electron chi connectivity index (χ4n) is 1.23. The number of hydrogen-bond donors (Lipinski definition) is 0. The summed E-state index contributed by atoms with van der Waals surface area (Å²) < 4.78 is -0.123. The molecular weight excluding hydrogens is 292 g/mol. The molecule has 86 valence electrons. The lowest BCUT2D eigenvalue weighted by molar-refractivity contribution is 0.104. The van der Waals surface area contributed by atoms with Gasteiger partial charge in [0, 0.05) is 6.08 Å². The molecule has 0 atom stereocenters. The molecule has 1 heterocycles. The average molecular weight is 299 g/mol. The molecule has 0 radical (unpaired) electrons. The Morgan fingerprint density at radius 1 is 1.50 bits per heavy atom. The smallest absolute Gasteiger partial charge is 0.191 e. The molecule has 0 aliphatic heterocycles. The third-order valence-electron chi connectivity index (χ3n) is 1.85. The van der Waals surface area contributed by atoms with Crippen LogP contribution in [0.4, 0.5) is 0 Å². The van der Waals surface area contributed by atoms with E-state index in [9.17, 15) is 4.79 Å². The zero-order valence-corrected chi connectivity index (χ0v) is 11.3. The summed E-state index contributed by atoms with van der Waals surface area (Å²) in [6.45, 7) is 1.74. The second-order valence-electron chi connectivity index (χ2n) is 3.03. The average Bonchev–Trinajstić information content (AvgIpc) is 2.15. The number of alkyl halides is 1. The molecule has 1 aromatic heterocycles. The Bertz CT molecular complexity index is 429. The first-order valence-corrected chi connectivity index (χ1v) is 5.91. The van der Waals surface area contributed by atoms with Crippen LogP contribution in [0.5, 0.6) is 0 Å². The quantitative estimate of drug-likeness (QED) is 0.361. The fraction of sp³-hybridized carbons (Fsp3) is 0.200. The Balaban J connectivity index is 3.25. The van der Waals surface area contributed by atoms with Gasteiger partial charge in [0.15, 0.2) is 5.78 Å². The highest BCUT2D eigenvalue weighted by atomic mass is 35.5. The molecule has 1 rings (SSSR count). The van der Waals surface area contributed by atoms with Gasteiger partial charge in [-0.15, -0.1) is 11.6 Å². The van der Waals surface area contributed by atoms with Gasteiger partial charge >= 0.3 is 0 Å². The highest BCUT2D eigenvalue weighted by molar-refractivity contribution is 6.57. The van der Waals surface area contributed by atoms with Crippen molar-refractivity contribution in [2.24, 2.45) is 0 Å². The van der Waals surface area contributed by atoms with Crippen LogP contribution in [-0.4, -0.2) is 10.8 Å². The van der Waals surface area contributed by atoms with E-state index in [2.05, 4.69) is 4.98 Å². The SMILES string of the molecule is Cc1cc(CCl)nc(Cl)c1C(=O)C=C(Cl)Cl. The van der Waals surface area contributed by atoms with Crippen LogP contribution in [0.15, 0.2) is 16.6 Å². The van der Waals surface area contributed by atoms with Crippen LogP contribution >= 0.6 is 46.4 Å². The summed E-state index contributed by atoms with van der Waals surface area (Å²) in [7, 11) is 0. The number of rotatable bonds is 3. The molecule has 0 saturated heterocycles. The summed E-state index contributed by atoms with van der Waals surface area (Å²) >= 11 is 22.3. The molecule has 2 nitrogen and oxygen atoms in total. The molecule has 16 heavy (non-hydrogen) atoms. The van der Waals surface area contributed by atoms with Crippen molar-refractivity contribution in [1.29, 1.82) is 0 Å². The first-order valence-electron chi connectivity index (χ1n) is 4.24. The third-order valence-corrected chi connectivity index (χ3v) is 2.61. The number of nitrogens with zero attached hydrogens (tertiary/aromatic N) is 1. The fourth-order valence-corrected chi connectivity index (χ4v) is 1.92. The van der Waals surface area contributed by atoms with Crippen molar-refractivity contribution in [1.82, 2.24) is 4.98 Å². The van der Waals surface area contributed by atoms with Crippen molar-refractivity contribution < 1.29 is 4.79 Å². The summed E-state index contributed by atoms with van der Waals surface area (Å²) in [4.78, 5) is 15.7. The Kier molecular flexibility index (Phi) is 5.06. The number of ketones is 1. The summed E-state index contributed by atoms with van der Waals surface area (Å²) in [5.74, 6) is -0.141. The molecule has 0 unspecified atom stereocenters. The van der Waals surface area contributed by atoms with Gasteiger partial charge in [-0.1, -0.05) is 34.8 Å². The number of aryl methyl sites for hydroxylation is 1. The second kappa shape index (κ2) is 5.87. The number of carbonyl (C=O) groups excluding carboxylic acids is 1. The minimum absolute atomic E-state index is 0.103. The van der Waals surface area contributed by atoms with Gasteiger partial charge in [-0.2, -0.15) is 0 Å². The molecule has 0 amide bonds. The molecule has 0 N–H and O–H groups in total. The van der Waals surface area contributed by atoms with Crippen molar-refractivity contribution in [2.45, 2.75) is 12.8 Å². The lowest BCUT2D eigenvalue weighted by Crippen LogP contribution is -2.03. The standard InChI is InChI=1S/C10H7Cl4NO/c1-5-2-6(4-11)15-10(14)9(5)7(16)3-8(12)13/h2-3H,4H2,1H3. The molecule has 0 spiro atoms. The van der Waals surface area contributed by atoms with Crippen LogP contribution in [0.3, 0.4) is 0 Å². The maximum Gasteiger partial charge on any atom is 0.191 e. The van der Waals surface area contributed by atoms with E-state index in [0.29, 0.717) is 11.3 Å². The predicted octanol–water partition coefficient (Wildman–Crippen LogP) is 4.28. The number of pyridine rings is 1. The highest BCUT2D eigenvalue weighted by Gasteiger charge is 2.14. The molecule has 0 saturated carbocycles. The van der Waals surface area contributed by atoms with Crippen molar-refractivity contribution in [3.8, 4) is 0 Å². The van der Waals surface area contributed by atoms with Crippen LogP contribution in [0, 0.1) is 6.92 Å². The first-order chi connectivity index (χ1) is 7.45. The van der Waals surface area contributed by atoms with Gasteiger partial charge in [0.1, 0.15) is 9.64 Å². The Labute approximate surface area is 113 Å². The topological polar surface area (TPSA) is 30.0 Å². The van der Waals surface area contributed by atoms with E-state index < -0.39 is 0 Å². The summed E-state index contributed by atoms with van der Waals surface area (Å²) in [5, 5.41) is 0.103. The van der Waals surface area contributed by atoms with Gasteiger partial charge in [0.25, 0.3) is 0 Å². The van der Waals surface area contributed by atoms with Gasteiger partial charge < -0.3 is 0 Å². The number of halogens is 4. The number of carbonyl (C=O) groups is 1. The van der Waals surface area contributed by atoms with Crippen molar-refractivity contribution in [3.63, 3.8) is 0 Å². The lowest BCUT2D eigenvalue weighted by atomic mass is 10.1. The summed E-state index contributed by atoms with van der Waals surface area (Å²) in [6.07, 6.45) is 1.08. The molecule has 1 aromatic rings. The van der Waals surface area contributed by atoms with Crippen LogP contribution in [-0.2, 0) is 5.88 Å². The number of aromatic nitrogens is 1. The van der Waals surface area contributed by atoms with Crippen LogP contribution in [0.1, 0.15) is 21.6 Å². The van der Waals surface area contributed by atoms with E-state index in [4.69, 9.17) is 46.4 Å². The van der Waals surface area contributed by atoms with E-state index >= 15 is 0 Å². The van der Waals surface area contributed by atoms with Gasteiger partial charge in [0.2, 0.25) is 0 Å². The molecule has 6 heteroatoms. The monoisotopic (exact) mass is 297 g/mol. The molecule has 0 aliphatic rings. The summed E-state index contributed by atoms with van der Waals surface area (Å²) in [5.41, 5.74) is 1.59. The van der Waals surface area contributed by atoms with Crippen LogP contribution < -0.4 is 0 Å². The van der Waals surface area contributed by atoms with Gasteiger partial charge in [-0.05, 0) is 18.6 Å². The zero-order valence-electron chi connectivity index (χ0n) is 8.23. The Morgan fingerprint density at radius 2 is 2.12 bits per heavy atom.